The van der Waals surface area contributed by atoms with E-state index in [0.717, 1.165) is 12.4 Å². The highest BCUT2D eigenvalue weighted by Gasteiger charge is 2.19. The van der Waals surface area contributed by atoms with Crippen molar-refractivity contribution in [1.82, 2.24) is 9.55 Å². The topological polar surface area (TPSA) is 43.8 Å². The third-order valence-electron chi connectivity index (χ3n) is 3.06. The molecule has 1 aromatic carbocycles. The molecule has 1 heterocycles. The molecule has 0 saturated heterocycles. The van der Waals surface area contributed by atoms with Crippen LogP contribution in [0.2, 0.25) is 5.02 Å². The van der Waals surface area contributed by atoms with Gasteiger partial charge in [-0.05, 0) is 25.1 Å². The third-order valence-corrected chi connectivity index (χ3v) is 3.37. The Kier molecular flexibility index (Phi) is 3.80. The smallest absolute Gasteiger partial charge is 0.131 e. The van der Waals surface area contributed by atoms with Gasteiger partial charge in [-0.25, -0.2) is 9.37 Å². The second-order valence-corrected chi connectivity index (χ2v) is 5.13. The standard InChI is InChI=1S/C14H17ClFN3/c1-4-19-13(17)12(18-14(19)8(2)3)10-6-5-9(16)7-11(10)15/h5-8H,4,17H2,1-3H3. The van der Waals surface area contributed by atoms with Gasteiger partial charge >= 0.3 is 0 Å². The van der Waals surface area contributed by atoms with Crippen molar-refractivity contribution in [2.45, 2.75) is 33.2 Å². The molecule has 0 spiro atoms. The van der Waals surface area contributed by atoms with Gasteiger partial charge in [-0.2, -0.15) is 0 Å². The summed E-state index contributed by atoms with van der Waals surface area (Å²) < 4.78 is 15.1. The minimum absolute atomic E-state index is 0.259. The zero-order valence-corrected chi connectivity index (χ0v) is 12.0. The van der Waals surface area contributed by atoms with E-state index in [9.17, 15) is 4.39 Å². The lowest BCUT2D eigenvalue weighted by atomic mass is 10.1. The van der Waals surface area contributed by atoms with Gasteiger partial charge in [0.1, 0.15) is 23.2 Å². The summed E-state index contributed by atoms with van der Waals surface area (Å²) in [5.74, 6) is 1.37. The molecule has 2 aromatic rings. The molecule has 0 radical (unpaired) electrons. The maximum absolute atomic E-state index is 13.1. The minimum Gasteiger partial charge on any atom is -0.383 e. The van der Waals surface area contributed by atoms with Crippen LogP contribution in [0.5, 0.6) is 0 Å². The molecule has 0 amide bonds. The summed E-state index contributed by atoms with van der Waals surface area (Å²) in [5, 5.41) is 0.322. The van der Waals surface area contributed by atoms with Gasteiger partial charge in [-0.3, -0.25) is 0 Å². The summed E-state index contributed by atoms with van der Waals surface area (Å²) in [6.07, 6.45) is 0. The molecule has 0 bridgehead atoms. The molecule has 0 aliphatic carbocycles. The molecule has 2 N–H and O–H groups in total. The van der Waals surface area contributed by atoms with Crippen LogP contribution in [0.25, 0.3) is 11.3 Å². The van der Waals surface area contributed by atoms with E-state index in [0.29, 0.717) is 22.1 Å². The Morgan fingerprint density at radius 3 is 2.58 bits per heavy atom. The quantitative estimate of drug-likeness (QED) is 0.922. The average Bonchev–Trinajstić information content (AvgIpc) is 2.66. The predicted molar refractivity (Wildman–Crippen MR) is 76.8 cm³/mol. The second-order valence-electron chi connectivity index (χ2n) is 4.73. The van der Waals surface area contributed by atoms with Gasteiger partial charge in [0.2, 0.25) is 0 Å². The maximum Gasteiger partial charge on any atom is 0.131 e. The number of halogens is 2. The number of hydrogen-bond acceptors (Lipinski definition) is 2. The highest BCUT2D eigenvalue weighted by atomic mass is 35.5. The van der Waals surface area contributed by atoms with Crippen LogP contribution in [0.1, 0.15) is 32.5 Å². The lowest BCUT2D eigenvalue weighted by molar-refractivity contribution is 0.628. The highest BCUT2D eigenvalue weighted by Crippen LogP contribution is 2.34. The largest absolute Gasteiger partial charge is 0.383 e. The number of imidazole rings is 1. The van der Waals surface area contributed by atoms with Crippen LogP contribution in [0.15, 0.2) is 18.2 Å². The number of rotatable bonds is 3. The molecule has 0 atom stereocenters. The normalized spacial score (nSPS) is 11.3. The van der Waals surface area contributed by atoms with Crippen molar-refractivity contribution in [2.24, 2.45) is 0 Å². The van der Waals surface area contributed by atoms with Gasteiger partial charge < -0.3 is 10.3 Å². The van der Waals surface area contributed by atoms with E-state index in [1.807, 2.05) is 11.5 Å². The van der Waals surface area contributed by atoms with E-state index in [4.69, 9.17) is 17.3 Å². The Morgan fingerprint density at radius 1 is 1.42 bits per heavy atom. The lowest BCUT2D eigenvalue weighted by Gasteiger charge is -2.08. The summed E-state index contributed by atoms with van der Waals surface area (Å²) in [6, 6.07) is 4.25. The van der Waals surface area contributed by atoms with Gasteiger partial charge in [-0.1, -0.05) is 25.4 Å². The van der Waals surface area contributed by atoms with Gasteiger partial charge in [-0.15, -0.1) is 0 Å². The number of aromatic nitrogens is 2. The highest BCUT2D eigenvalue weighted by molar-refractivity contribution is 6.33. The summed E-state index contributed by atoms with van der Waals surface area (Å²) >= 11 is 6.08. The van der Waals surface area contributed by atoms with E-state index in [2.05, 4.69) is 18.8 Å². The number of anilines is 1. The summed E-state index contributed by atoms with van der Waals surface area (Å²) in [6.45, 7) is 6.87. The Labute approximate surface area is 117 Å². The van der Waals surface area contributed by atoms with Crippen molar-refractivity contribution < 1.29 is 4.39 Å². The van der Waals surface area contributed by atoms with E-state index < -0.39 is 0 Å². The fourth-order valence-electron chi connectivity index (χ4n) is 2.14. The SMILES string of the molecule is CCn1c(C(C)C)nc(-c2ccc(F)cc2Cl)c1N. The first kappa shape index (κ1) is 13.9. The molecule has 0 fully saturated rings. The van der Waals surface area contributed by atoms with Crippen LogP contribution in [0.4, 0.5) is 10.2 Å². The Hall–Kier alpha value is -1.55. The third kappa shape index (κ3) is 2.45. The van der Waals surface area contributed by atoms with Crippen molar-refractivity contribution in [3.63, 3.8) is 0 Å². The Balaban J connectivity index is 2.63. The Bertz CT molecular complexity index is 605. The number of nitrogen functional groups attached to an aromatic ring is 1. The zero-order valence-electron chi connectivity index (χ0n) is 11.2. The number of nitrogens with two attached hydrogens (primary N) is 1. The molecule has 5 heteroatoms. The molecular formula is C14H17ClFN3. The molecule has 0 unspecified atom stereocenters. The number of benzene rings is 1. The van der Waals surface area contributed by atoms with Gasteiger partial charge in [0.05, 0.1) is 5.02 Å². The maximum atomic E-state index is 13.1. The van der Waals surface area contributed by atoms with Crippen LogP contribution in [-0.4, -0.2) is 9.55 Å². The van der Waals surface area contributed by atoms with E-state index in [1.165, 1.54) is 12.1 Å². The van der Waals surface area contributed by atoms with Crippen LogP contribution in [0, 0.1) is 5.82 Å². The average molecular weight is 282 g/mol. The van der Waals surface area contributed by atoms with Crippen LogP contribution in [0.3, 0.4) is 0 Å². The van der Waals surface area contributed by atoms with Gasteiger partial charge in [0.25, 0.3) is 0 Å². The summed E-state index contributed by atoms with van der Waals surface area (Å²) in [4.78, 5) is 4.57. The first-order valence-corrected chi connectivity index (χ1v) is 6.64. The van der Waals surface area contributed by atoms with Crippen LogP contribution in [-0.2, 0) is 6.54 Å². The molecule has 1 aromatic heterocycles. The van der Waals surface area contributed by atoms with Crippen molar-refractivity contribution in [3.05, 3.63) is 34.9 Å². The van der Waals surface area contributed by atoms with Gasteiger partial charge in [0.15, 0.2) is 0 Å². The molecule has 0 saturated carbocycles. The first-order chi connectivity index (χ1) is 8.95. The summed E-state index contributed by atoms with van der Waals surface area (Å²) in [7, 11) is 0. The summed E-state index contributed by atoms with van der Waals surface area (Å²) in [5.41, 5.74) is 7.42. The molecule has 19 heavy (non-hydrogen) atoms. The fraction of sp³-hybridized carbons (Fsp3) is 0.357. The number of nitrogens with zero attached hydrogens (tertiary/aromatic N) is 2. The minimum atomic E-state index is -0.369. The predicted octanol–water partition coefficient (Wildman–Crippen LogP) is 4.07. The number of hydrogen-bond donors (Lipinski definition) is 1. The lowest BCUT2D eigenvalue weighted by Crippen LogP contribution is -2.06. The Morgan fingerprint density at radius 2 is 2.11 bits per heavy atom. The molecule has 102 valence electrons. The van der Waals surface area contributed by atoms with Crippen molar-refractivity contribution in [3.8, 4) is 11.3 Å². The van der Waals surface area contributed by atoms with E-state index in [1.54, 1.807) is 6.07 Å². The zero-order chi connectivity index (χ0) is 14.2. The second kappa shape index (κ2) is 5.21. The first-order valence-electron chi connectivity index (χ1n) is 6.27. The van der Waals surface area contributed by atoms with E-state index >= 15 is 0 Å². The van der Waals surface area contributed by atoms with E-state index in [-0.39, 0.29) is 11.7 Å². The monoisotopic (exact) mass is 281 g/mol. The van der Waals surface area contributed by atoms with Crippen molar-refractivity contribution in [1.29, 1.82) is 0 Å². The van der Waals surface area contributed by atoms with Crippen LogP contribution >= 0.6 is 11.6 Å². The molecule has 0 aliphatic heterocycles. The molecule has 0 aliphatic rings. The van der Waals surface area contributed by atoms with Crippen LogP contribution < -0.4 is 5.73 Å². The molecule has 3 nitrogen and oxygen atoms in total. The molecule has 2 rings (SSSR count). The fourth-order valence-corrected chi connectivity index (χ4v) is 2.39. The van der Waals surface area contributed by atoms with Gasteiger partial charge in [0, 0.05) is 18.0 Å². The molecular weight excluding hydrogens is 265 g/mol. The van der Waals surface area contributed by atoms with Crippen molar-refractivity contribution in [2.75, 3.05) is 5.73 Å². The van der Waals surface area contributed by atoms with Crippen molar-refractivity contribution >= 4 is 17.4 Å².